The van der Waals surface area contributed by atoms with Gasteiger partial charge in [-0.25, -0.2) is 0 Å². The lowest BCUT2D eigenvalue weighted by molar-refractivity contribution is -0.122. The van der Waals surface area contributed by atoms with Crippen molar-refractivity contribution in [2.45, 2.75) is 19.0 Å². The van der Waals surface area contributed by atoms with E-state index in [1.165, 1.54) is 0 Å². The summed E-state index contributed by atoms with van der Waals surface area (Å²) < 4.78 is 5.30. The second-order valence-electron chi connectivity index (χ2n) is 4.30. The van der Waals surface area contributed by atoms with E-state index >= 15 is 0 Å². The highest BCUT2D eigenvalue weighted by Crippen LogP contribution is 2.14. The van der Waals surface area contributed by atoms with Crippen LogP contribution in [-0.4, -0.2) is 31.7 Å². The van der Waals surface area contributed by atoms with Crippen molar-refractivity contribution in [2.24, 2.45) is 0 Å². The molecular weight excluding hydrogens is 287 g/mol. The summed E-state index contributed by atoms with van der Waals surface area (Å²) in [5.41, 5.74) is 0.931. The molecule has 1 aliphatic heterocycles. The van der Waals surface area contributed by atoms with Crippen LogP contribution in [0.15, 0.2) is 24.3 Å². The van der Waals surface area contributed by atoms with Gasteiger partial charge >= 0.3 is 0 Å². The molecule has 1 aromatic rings. The normalized spacial score (nSPS) is 18.5. The van der Waals surface area contributed by atoms with E-state index in [-0.39, 0.29) is 24.4 Å². The van der Waals surface area contributed by atoms with Gasteiger partial charge in [0.25, 0.3) is 0 Å². The van der Waals surface area contributed by atoms with Crippen LogP contribution in [0.25, 0.3) is 0 Å². The summed E-state index contributed by atoms with van der Waals surface area (Å²) in [5, 5.41) is 6.79. The minimum Gasteiger partial charge on any atom is -0.378 e. The van der Waals surface area contributed by atoms with Crippen molar-refractivity contribution in [3.63, 3.8) is 0 Å². The first-order valence-electron chi connectivity index (χ1n) is 6.07. The second-order valence-corrected chi connectivity index (χ2v) is 4.71. The summed E-state index contributed by atoms with van der Waals surface area (Å²) in [6, 6.07) is 7.62. The summed E-state index contributed by atoms with van der Waals surface area (Å²) in [4.78, 5) is 11.7. The Balaban J connectivity index is 0.00000180. The zero-order valence-corrected chi connectivity index (χ0v) is 12.1. The lowest BCUT2D eigenvalue weighted by Gasteiger charge is -2.23. The summed E-state index contributed by atoms with van der Waals surface area (Å²) in [5.74, 6) is 0.0120. The van der Waals surface area contributed by atoms with Gasteiger partial charge in [0.05, 0.1) is 13.2 Å². The molecule has 0 bridgehead atoms. The third-order valence-corrected chi connectivity index (χ3v) is 3.23. The van der Waals surface area contributed by atoms with Crippen LogP contribution < -0.4 is 10.6 Å². The fraction of sp³-hybridized carbons (Fsp3) is 0.462. The Kier molecular flexibility index (Phi) is 7.16. The van der Waals surface area contributed by atoms with Gasteiger partial charge in [-0.1, -0.05) is 29.8 Å². The molecule has 0 saturated carbocycles. The first-order chi connectivity index (χ1) is 8.75. The summed E-state index contributed by atoms with van der Waals surface area (Å²) >= 11 is 6.02. The smallest absolute Gasteiger partial charge is 0.221 e. The van der Waals surface area contributed by atoms with Crippen molar-refractivity contribution >= 4 is 29.9 Å². The fourth-order valence-electron chi connectivity index (χ4n) is 1.88. The van der Waals surface area contributed by atoms with Crippen LogP contribution in [0, 0.1) is 0 Å². The van der Waals surface area contributed by atoms with E-state index in [1.807, 2.05) is 24.3 Å². The third-order valence-electron chi connectivity index (χ3n) is 2.86. The molecule has 1 unspecified atom stereocenters. The van der Waals surface area contributed by atoms with E-state index in [2.05, 4.69) is 10.6 Å². The number of carbonyl (C=O) groups excluding carboxylic acids is 1. The van der Waals surface area contributed by atoms with Gasteiger partial charge in [0.2, 0.25) is 5.91 Å². The van der Waals surface area contributed by atoms with Crippen LogP contribution in [0.3, 0.4) is 0 Å². The molecule has 19 heavy (non-hydrogen) atoms. The standard InChI is InChI=1S/C13H17ClN2O2.ClH/c14-12-4-2-1-3-10(12)8-16-13(17)7-11-9-18-6-5-15-11;/h1-4,11,15H,5-9H2,(H,16,17);1H. The molecule has 4 nitrogen and oxygen atoms in total. The Morgan fingerprint density at radius 3 is 2.95 bits per heavy atom. The number of amides is 1. The number of rotatable bonds is 4. The number of ether oxygens (including phenoxy) is 1. The molecule has 2 N–H and O–H groups in total. The van der Waals surface area contributed by atoms with Gasteiger partial charge in [-0.3, -0.25) is 4.79 Å². The molecule has 1 saturated heterocycles. The van der Waals surface area contributed by atoms with Crippen molar-refractivity contribution in [2.75, 3.05) is 19.8 Å². The third kappa shape index (κ3) is 5.37. The molecular formula is C13H18Cl2N2O2. The van der Waals surface area contributed by atoms with Gasteiger partial charge in [-0.05, 0) is 11.6 Å². The molecule has 1 fully saturated rings. The average Bonchev–Trinajstić information content (AvgIpc) is 2.39. The van der Waals surface area contributed by atoms with Crippen molar-refractivity contribution in [1.82, 2.24) is 10.6 Å². The predicted molar refractivity (Wildman–Crippen MR) is 77.8 cm³/mol. The highest BCUT2D eigenvalue weighted by atomic mass is 35.5. The van der Waals surface area contributed by atoms with Crippen LogP contribution >= 0.6 is 24.0 Å². The topological polar surface area (TPSA) is 50.4 Å². The van der Waals surface area contributed by atoms with Crippen molar-refractivity contribution in [3.8, 4) is 0 Å². The van der Waals surface area contributed by atoms with Gasteiger partial charge in [-0.2, -0.15) is 0 Å². The Labute approximate surface area is 124 Å². The van der Waals surface area contributed by atoms with Gasteiger partial charge in [-0.15, -0.1) is 12.4 Å². The van der Waals surface area contributed by atoms with Crippen molar-refractivity contribution in [1.29, 1.82) is 0 Å². The lowest BCUT2D eigenvalue weighted by atomic mass is 10.2. The molecule has 2 rings (SSSR count). The fourth-order valence-corrected chi connectivity index (χ4v) is 2.08. The number of halogens is 2. The van der Waals surface area contributed by atoms with Crippen molar-refractivity contribution in [3.05, 3.63) is 34.9 Å². The van der Waals surface area contributed by atoms with Gasteiger partial charge in [0.15, 0.2) is 0 Å². The van der Waals surface area contributed by atoms with Crippen LogP contribution in [0.1, 0.15) is 12.0 Å². The summed E-state index contributed by atoms with van der Waals surface area (Å²) in [6.45, 7) is 2.59. The summed E-state index contributed by atoms with van der Waals surface area (Å²) in [7, 11) is 0. The van der Waals surface area contributed by atoms with Gasteiger partial charge < -0.3 is 15.4 Å². The number of hydrogen-bond donors (Lipinski definition) is 2. The van der Waals surface area contributed by atoms with Crippen LogP contribution in [0.4, 0.5) is 0 Å². The van der Waals surface area contributed by atoms with Gasteiger partial charge in [0.1, 0.15) is 0 Å². The molecule has 106 valence electrons. The molecule has 1 aliphatic rings. The molecule has 0 aliphatic carbocycles. The number of nitrogens with one attached hydrogen (secondary N) is 2. The maximum Gasteiger partial charge on any atom is 0.221 e. The minimum absolute atomic E-state index is 0. The quantitative estimate of drug-likeness (QED) is 0.891. The number of hydrogen-bond acceptors (Lipinski definition) is 3. The molecule has 6 heteroatoms. The Hall–Kier alpha value is -0.810. The van der Waals surface area contributed by atoms with E-state index in [0.717, 1.165) is 18.7 Å². The van der Waals surface area contributed by atoms with E-state index < -0.39 is 0 Å². The number of carbonyl (C=O) groups is 1. The Morgan fingerprint density at radius 2 is 2.26 bits per heavy atom. The maximum atomic E-state index is 11.7. The van der Waals surface area contributed by atoms with Crippen LogP contribution in [0.5, 0.6) is 0 Å². The summed E-state index contributed by atoms with van der Waals surface area (Å²) in [6.07, 6.45) is 0.435. The van der Waals surface area contributed by atoms with E-state index in [0.29, 0.717) is 24.6 Å². The van der Waals surface area contributed by atoms with Crippen LogP contribution in [0.2, 0.25) is 5.02 Å². The SMILES string of the molecule is Cl.O=C(CC1COCCN1)NCc1ccccc1Cl. The second kappa shape index (κ2) is 8.38. The van der Waals surface area contributed by atoms with E-state index in [9.17, 15) is 4.79 Å². The zero-order valence-electron chi connectivity index (χ0n) is 10.5. The molecule has 1 aromatic carbocycles. The average molecular weight is 305 g/mol. The van der Waals surface area contributed by atoms with E-state index in [4.69, 9.17) is 16.3 Å². The first-order valence-corrected chi connectivity index (χ1v) is 6.45. The van der Waals surface area contributed by atoms with Crippen LogP contribution in [-0.2, 0) is 16.1 Å². The lowest BCUT2D eigenvalue weighted by Crippen LogP contribution is -2.44. The molecule has 0 radical (unpaired) electrons. The van der Waals surface area contributed by atoms with E-state index in [1.54, 1.807) is 0 Å². The van der Waals surface area contributed by atoms with Gasteiger partial charge in [0, 0.05) is 30.6 Å². The molecule has 0 spiro atoms. The predicted octanol–water partition coefficient (Wildman–Crippen LogP) is 1.76. The molecule has 1 heterocycles. The zero-order chi connectivity index (χ0) is 12.8. The number of benzene rings is 1. The molecule has 1 atom stereocenters. The molecule has 1 amide bonds. The number of morpholine rings is 1. The van der Waals surface area contributed by atoms with Crippen molar-refractivity contribution < 1.29 is 9.53 Å². The Morgan fingerprint density at radius 1 is 1.47 bits per heavy atom. The Bertz CT molecular complexity index is 409. The maximum absolute atomic E-state index is 11.7. The molecule has 0 aromatic heterocycles. The monoisotopic (exact) mass is 304 g/mol. The largest absolute Gasteiger partial charge is 0.378 e. The first kappa shape index (κ1) is 16.2. The minimum atomic E-state index is 0. The highest BCUT2D eigenvalue weighted by Gasteiger charge is 2.16. The highest BCUT2D eigenvalue weighted by molar-refractivity contribution is 6.31.